The van der Waals surface area contributed by atoms with Gasteiger partial charge in [0.25, 0.3) is 11.8 Å². The minimum atomic E-state index is -0.479. The molecule has 0 saturated carbocycles. The minimum Gasteiger partial charge on any atom is -0.495 e. The Balaban J connectivity index is 1.51. The second-order valence-electron chi connectivity index (χ2n) is 10.1. The molecule has 4 aromatic rings. The number of benzene rings is 4. The average molecular weight is 628 g/mol. The molecule has 0 aliphatic rings. The molecule has 3 amide bonds. The first-order valence-corrected chi connectivity index (χ1v) is 15.3. The van der Waals surface area contributed by atoms with Gasteiger partial charge >= 0.3 is 0 Å². The minimum absolute atomic E-state index is 0.0977. The first kappa shape index (κ1) is 32.4. The molecule has 7 nitrogen and oxygen atoms in total. The molecule has 4 rings (SSSR count). The van der Waals surface area contributed by atoms with E-state index in [0.717, 1.165) is 21.6 Å². The molecule has 0 aliphatic heterocycles. The van der Waals surface area contributed by atoms with Crippen LogP contribution < -0.4 is 20.7 Å². The Kier molecular flexibility index (Phi) is 11.2. The monoisotopic (exact) mass is 627 g/mol. The number of carbonyl (C=O) groups excluding carboxylic acids is 3. The maximum absolute atomic E-state index is 13.5. The van der Waals surface area contributed by atoms with Crippen molar-refractivity contribution in [3.8, 4) is 5.75 Å². The van der Waals surface area contributed by atoms with E-state index in [1.165, 1.54) is 18.9 Å². The van der Waals surface area contributed by atoms with Crippen molar-refractivity contribution >= 4 is 58.5 Å². The van der Waals surface area contributed by atoms with Crippen LogP contribution in [0.25, 0.3) is 6.08 Å². The number of rotatable bonds is 11. The summed E-state index contributed by atoms with van der Waals surface area (Å²) in [6.07, 6.45) is 2.21. The molecule has 1 unspecified atom stereocenters. The lowest BCUT2D eigenvalue weighted by molar-refractivity contribution is -0.116. The van der Waals surface area contributed by atoms with Crippen molar-refractivity contribution < 1.29 is 19.1 Å². The van der Waals surface area contributed by atoms with Crippen LogP contribution in [0.3, 0.4) is 0 Å². The van der Waals surface area contributed by atoms with Crippen LogP contribution in [0.1, 0.15) is 40.4 Å². The van der Waals surface area contributed by atoms with Crippen molar-refractivity contribution in [1.29, 1.82) is 0 Å². The van der Waals surface area contributed by atoms with Crippen LogP contribution in [0.5, 0.6) is 5.75 Å². The number of halogens is 1. The summed E-state index contributed by atoms with van der Waals surface area (Å²) < 4.78 is 5.40. The van der Waals surface area contributed by atoms with E-state index >= 15 is 0 Å². The van der Waals surface area contributed by atoms with E-state index in [1.54, 1.807) is 60.7 Å². The summed E-state index contributed by atoms with van der Waals surface area (Å²) in [5.41, 5.74) is 4.22. The van der Waals surface area contributed by atoms with E-state index in [-0.39, 0.29) is 11.6 Å². The normalized spacial score (nSPS) is 11.8. The predicted octanol–water partition coefficient (Wildman–Crippen LogP) is 7.88. The summed E-state index contributed by atoms with van der Waals surface area (Å²) >= 11 is 7.60. The van der Waals surface area contributed by atoms with Gasteiger partial charge in [0, 0.05) is 27.2 Å². The lowest BCUT2D eigenvalue weighted by Gasteiger charge is -2.18. The highest BCUT2D eigenvalue weighted by Crippen LogP contribution is 2.33. The van der Waals surface area contributed by atoms with Crippen LogP contribution in [0.4, 0.5) is 11.4 Å². The number of thioether (sulfide) groups is 1. The van der Waals surface area contributed by atoms with Crippen molar-refractivity contribution in [1.82, 2.24) is 5.32 Å². The molecule has 0 heterocycles. The van der Waals surface area contributed by atoms with Crippen LogP contribution in [0.15, 0.2) is 102 Å². The number of ether oxygens (including phenoxy) is 1. The third-order valence-electron chi connectivity index (χ3n) is 6.65. The fourth-order valence-corrected chi connectivity index (χ4v) is 5.51. The predicted molar refractivity (Wildman–Crippen MR) is 179 cm³/mol. The van der Waals surface area contributed by atoms with Crippen LogP contribution >= 0.6 is 23.4 Å². The quantitative estimate of drug-likeness (QED) is 0.116. The zero-order valence-corrected chi connectivity index (χ0v) is 26.5. The van der Waals surface area contributed by atoms with Crippen molar-refractivity contribution in [2.75, 3.05) is 17.7 Å². The summed E-state index contributed by atoms with van der Waals surface area (Å²) in [6, 6.07) is 27.1. The lowest BCUT2D eigenvalue weighted by Crippen LogP contribution is -2.30. The standard InChI is InChI=1S/C35H34ClN3O4S/c1-5-32(35(42)38-29-18-23(3)28(36)21-31(29)43-4)44-27-16-10-15-26(20-27)37-34(41)30(19-24-12-9-11-22(2)17-24)39-33(40)25-13-7-6-8-14-25/h6-21,32H,5H2,1-4H3,(H,37,41)(H,38,42)(H,39,40)/b30-19+. The molecule has 3 N–H and O–H groups in total. The van der Waals surface area contributed by atoms with Gasteiger partial charge in [-0.2, -0.15) is 0 Å². The highest BCUT2D eigenvalue weighted by atomic mass is 35.5. The summed E-state index contributed by atoms with van der Waals surface area (Å²) in [5.74, 6) is -0.576. The molecule has 4 aromatic carbocycles. The number of nitrogens with one attached hydrogen (secondary N) is 3. The van der Waals surface area contributed by atoms with E-state index in [1.807, 2.05) is 57.2 Å². The van der Waals surface area contributed by atoms with Gasteiger partial charge in [-0.05, 0) is 73.9 Å². The molecule has 0 aromatic heterocycles. The first-order chi connectivity index (χ1) is 21.2. The van der Waals surface area contributed by atoms with Gasteiger partial charge in [-0.25, -0.2) is 0 Å². The van der Waals surface area contributed by atoms with Crippen LogP contribution in [-0.2, 0) is 9.59 Å². The number of methoxy groups -OCH3 is 1. The Labute approximate surface area is 267 Å². The second kappa shape index (κ2) is 15.3. The molecule has 0 spiro atoms. The summed E-state index contributed by atoms with van der Waals surface area (Å²) in [6.45, 7) is 5.75. The molecule has 0 radical (unpaired) electrons. The maximum atomic E-state index is 13.5. The van der Waals surface area contributed by atoms with E-state index in [2.05, 4.69) is 16.0 Å². The molecular formula is C35H34ClN3O4S. The van der Waals surface area contributed by atoms with E-state index in [9.17, 15) is 14.4 Å². The molecule has 44 heavy (non-hydrogen) atoms. The molecule has 0 aliphatic carbocycles. The Bertz CT molecular complexity index is 1690. The Morgan fingerprint density at radius 3 is 2.36 bits per heavy atom. The fraction of sp³-hybridized carbons (Fsp3) is 0.171. The second-order valence-corrected chi connectivity index (χ2v) is 11.8. The summed E-state index contributed by atoms with van der Waals surface area (Å²) in [7, 11) is 1.52. The first-order valence-electron chi connectivity index (χ1n) is 14.0. The van der Waals surface area contributed by atoms with Crippen molar-refractivity contribution in [2.45, 2.75) is 37.3 Å². The van der Waals surface area contributed by atoms with Crippen molar-refractivity contribution in [3.05, 3.63) is 124 Å². The molecule has 0 saturated heterocycles. The maximum Gasteiger partial charge on any atom is 0.272 e. The van der Waals surface area contributed by atoms with Crippen molar-refractivity contribution in [3.63, 3.8) is 0 Å². The summed E-state index contributed by atoms with van der Waals surface area (Å²) in [5, 5.41) is 8.76. The number of hydrogen-bond acceptors (Lipinski definition) is 5. The average Bonchev–Trinajstić information content (AvgIpc) is 3.01. The smallest absolute Gasteiger partial charge is 0.272 e. The zero-order chi connectivity index (χ0) is 31.6. The van der Waals surface area contributed by atoms with E-state index < -0.39 is 17.1 Å². The van der Waals surface area contributed by atoms with Crippen molar-refractivity contribution in [2.24, 2.45) is 0 Å². The van der Waals surface area contributed by atoms with Gasteiger partial charge in [-0.1, -0.05) is 72.6 Å². The van der Waals surface area contributed by atoms with Gasteiger partial charge in [0.15, 0.2) is 0 Å². The van der Waals surface area contributed by atoms with E-state index in [4.69, 9.17) is 16.3 Å². The molecule has 0 fully saturated rings. The number of amides is 3. The number of anilines is 2. The lowest BCUT2D eigenvalue weighted by atomic mass is 10.1. The van der Waals surface area contributed by atoms with E-state index in [0.29, 0.717) is 34.1 Å². The Morgan fingerprint density at radius 1 is 0.909 bits per heavy atom. The topological polar surface area (TPSA) is 96.5 Å². The Morgan fingerprint density at radius 2 is 1.66 bits per heavy atom. The number of aryl methyl sites for hydroxylation is 2. The largest absolute Gasteiger partial charge is 0.495 e. The summed E-state index contributed by atoms with van der Waals surface area (Å²) in [4.78, 5) is 40.5. The zero-order valence-electron chi connectivity index (χ0n) is 24.9. The molecule has 9 heteroatoms. The molecule has 1 atom stereocenters. The van der Waals surface area contributed by atoms with Crippen LogP contribution in [-0.4, -0.2) is 30.1 Å². The van der Waals surface area contributed by atoms with Gasteiger partial charge in [0.1, 0.15) is 11.4 Å². The Hall–Kier alpha value is -4.53. The molecule has 0 bridgehead atoms. The van der Waals surface area contributed by atoms with Gasteiger partial charge in [-0.3, -0.25) is 14.4 Å². The third-order valence-corrected chi connectivity index (χ3v) is 8.42. The molecular weight excluding hydrogens is 594 g/mol. The third kappa shape index (κ3) is 8.75. The SMILES string of the molecule is CCC(Sc1cccc(NC(=O)/C(=C\c2cccc(C)c2)NC(=O)c2ccccc2)c1)C(=O)Nc1cc(C)c(Cl)cc1OC. The van der Waals surface area contributed by atoms with Gasteiger partial charge < -0.3 is 20.7 Å². The van der Waals surface area contributed by atoms with Gasteiger partial charge in [0.05, 0.1) is 18.0 Å². The number of carbonyl (C=O) groups is 3. The van der Waals surface area contributed by atoms with Gasteiger partial charge in [-0.15, -0.1) is 11.8 Å². The molecule has 226 valence electrons. The number of hydrogen-bond donors (Lipinski definition) is 3. The van der Waals surface area contributed by atoms with Crippen LogP contribution in [0, 0.1) is 13.8 Å². The highest BCUT2D eigenvalue weighted by molar-refractivity contribution is 8.00. The van der Waals surface area contributed by atoms with Gasteiger partial charge in [0.2, 0.25) is 5.91 Å². The van der Waals surface area contributed by atoms with Crippen LogP contribution in [0.2, 0.25) is 5.02 Å². The fourth-order valence-electron chi connectivity index (χ4n) is 4.34. The highest BCUT2D eigenvalue weighted by Gasteiger charge is 2.21.